The molecular weight excluding hydrogens is 584 g/mol. The number of rotatable bonds is 9. The highest BCUT2D eigenvalue weighted by molar-refractivity contribution is 7.82. The van der Waals surface area contributed by atoms with E-state index in [1.54, 1.807) is 36.6 Å². The highest BCUT2D eigenvalue weighted by Gasteiger charge is 2.29. The van der Waals surface area contributed by atoms with E-state index < -0.39 is 17.0 Å². The minimum Gasteiger partial charge on any atom is -0.461 e. The van der Waals surface area contributed by atoms with Crippen molar-refractivity contribution in [1.29, 1.82) is 0 Å². The van der Waals surface area contributed by atoms with Crippen molar-refractivity contribution in [3.8, 4) is 28.2 Å². The summed E-state index contributed by atoms with van der Waals surface area (Å²) in [6.45, 7) is 2.03. The highest BCUT2D eigenvalue weighted by atomic mass is 32.2. The first-order valence-corrected chi connectivity index (χ1v) is 16.8. The van der Waals surface area contributed by atoms with Crippen molar-refractivity contribution in [2.45, 2.75) is 63.2 Å². The lowest BCUT2D eigenvalue weighted by molar-refractivity contribution is 0.0520. The minimum absolute atomic E-state index is 0.245. The number of thiazole rings is 1. The van der Waals surface area contributed by atoms with Crippen molar-refractivity contribution in [2.24, 2.45) is 17.0 Å². The van der Waals surface area contributed by atoms with Gasteiger partial charge in [-0.05, 0) is 80.8 Å². The van der Waals surface area contributed by atoms with Crippen LogP contribution in [0.15, 0.2) is 52.7 Å². The van der Waals surface area contributed by atoms with Crippen LogP contribution in [0.3, 0.4) is 0 Å². The van der Waals surface area contributed by atoms with E-state index in [0.29, 0.717) is 33.8 Å². The molecule has 2 aromatic carbocycles. The summed E-state index contributed by atoms with van der Waals surface area (Å²) in [7, 11) is -1.56. The van der Waals surface area contributed by atoms with Crippen LogP contribution >= 0.6 is 11.3 Å². The van der Waals surface area contributed by atoms with E-state index in [2.05, 4.69) is 16.8 Å². The summed E-state index contributed by atoms with van der Waals surface area (Å²) in [5, 5.41) is 12.9. The maximum atomic E-state index is 15.0. The van der Waals surface area contributed by atoms with Crippen LogP contribution in [0, 0.1) is 29.5 Å². The lowest BCUT2D eigenvalue weighted by Gasteiger charge is -2.09. The van der Waals surface area contributed by atoms with Gasteiger partial charge in [0.15, 0.2) is 5.69 Å². The third kappa shape index (κ3) is 6.80. The summed E-state index contributed by atoms with van der Waals surface area (Å²) in [4.78, 5) is 17.6. The van der Waals surface area contributed by atoms with Crippen molar-refractivity contribution < 1.29 is 18.1 Å². The van der Waals surface area contributed by atoms with Gasteiger partial charge in [-0.2, -0.15) is 5.10 Å². The van der Waals surface area contributed by atoms with E-state index in [1.165, 1.54) is 30.2 Å². The summed E-state index contributed by atoms with van der Waals surface area (Å²) >= 11 is 1.33. The summed E-state index contributed by atoms with van der Waals surface area (Å²) in [5.74, 6) is 6.43. The van der Waals surface area contributed by atoms with Gasteiger partial charge in [-0.15, -0.1) is 11.3 Å². The molecule has 4 aromatic rings. The van der Waals surface area contributed by atoms with Gasteiger partial charge in [0.25, 0.3) is 0 Å². The topological polar surface area (TPSA) is 100 Å². The summed E-state index contributed by atoms with van der Waals surface area (Å²) in [6.07, 6.45) is 8.09. The molecule has 2 heterocycles. The maximum absolute atomic E-state index is 15.0. The monoisotopic (exact) mass is 616 g/mol. The van der Waals surface area contributed by atoms with Crippen molar-refractivity contribution in [3.63, 3.8) is 0 Å². The third-order valence-electron chi connectivity index (χ3n) is 7.97. The summed E-state index contributed by atoms with van der Waals surface area (Å²) in [6, 6.07) is 12.4. The molecule has 2 aliphatic carbocycles. The Morgan fingerprint density at radius 2 is 1.93 bits per heavy atom. The predicted molar refractivity (Wildman–Crippen MR) is 166 cm³/mol. The fourth-order valence-corrected chi connectivity index (χ4v) is 6.66. The molecule has 6 rings (SSSR count). The third-order valence-corrected chi connectivity index (χ3v) is 9.52. The molecule has 2 saturated carbocycles. The molecule has 10 heteroatoms. The van der Waals surface area contributed by atoms with E-state index in [0.717, 1.165) is 60.2 Å². The molecule has 0 amide bonds. The van der Waals surface area contributed by atoms with E-state index in [1.807, 2.05) is 16.8 Å². The van der Waals surface area contributed by atoms with Gasteiger partial charge in [0.2, 0.25) is 5.13 Å². The molecule has 2 fully saturated rings. The van der Waals surface area contributed by atoms with Gasteiger partial charge in [-0.3, -0.25) is 0 Å². The molecule has 1 unspecified atom stereocenters. The molecule has 2 aliphatic rings. The Balaban J connectivity index is 1.47. The molecule has 2 aromatic heterocycles. The van der Waals surface area contributed by atoms with Crippen molar-refractivity contribution in [2.75, 3.05) is 6.61 Å². The number of esters is 1. The van der Waals surface area contributed by atoms with Crippen LogP contribution in [-0.4, -0.2) is 31.5 Å². The quantitative estimate of drug-likeness (QED) is 0.174. The molecule has 0 radical (unpaired) electrons. The number of halogens is 1. The second kappa shape index (κ2) is 12.9. The molecule has 7 nitrogen and oxygen atoms in total. The predicted octanol–water partition coefficient (Wildman–Crippen LogP) is 6.38. The fraction of sp³-hybridized carbons (Fsp3) is 0.364. The zero-order valence-corrected chi connectivity index (χ0v) is 25.6. The number of hydrogen-bond acceptors (Lipinski definition) is 6. The number of nitrogens with zero attached hydrogens (tertiary/aromatic N) is 3. The Morgan fingerprint density at radius 1 is 1.16 bits per heavy atom. The van der Waals surface area contributed by atoms with Crippen LogP contribution in [0.25, 0.3) is 16.4 Å². The Bertz CT molecular complexity index is 1720. The van der Waals surface area contributed by atoms with Gasteiger partial charge in [-0.25, -0.2) is 28.2 Å². The SMILES string of the molecule is CCOC(=O)c1csc(-n2nc(-c3ccc(F)c(C#CC4CCCC4)c3)c(Cc3ccc(S(N)=O)cc3)c2CC2CC2)n1. The summed E-state index contributed by atoms with van der Waals surface area (Å²) in [5.41, 5.74) is 5.11. The van der Waals surface area contributed by atoms with E-state index in [-0.39, 0.29) is 18.1 Å². The summed E-state index contributed by atoms with van der Waals surface area (Å²) < 4.78 is 33.8. The van der Waals surface area contributed by atoms with Gasteiger partial charge in [0.1, 0.15) is 16.8 Å². The van der Waals surface area contributed by atoms with E-state index in [4.69, 9.17) is 15.0 Å². The van der Waals surface area contributed by atoms with Crippen LogP contribution in [0.4, 0.5) is 4.39 Å². The Kier molecular flexibility index (Phi) is 8.84. The number of hydrogen-bond donors (Lipinski definition) is 1. The number of aromatic nitrogens is 3. The second-order valence-electron chi connectivity index (χ2n) is 11.1. The molecular formula is C33H33FN4O3S2. The smallest absolute Gasteiger partial charge is 0.357 e. The van der Waals surface area contributed by atoms with Gasteiger partial charge in [0, 0.05) is 28.8 Å². The first-order valence-electron chi connectivity index (χ1n) is 14.7. The average molecular weight is 617 g/mol. The largest absolute Gasteiger partial charge is 0.461 e. The zero-order valence-electron chi connectivity index (χ0n) is 24.0. The van der Waals surface area contributed by atoms with Crippen molar-refractivity contribution in [1.82, 2.24) is 14.8 Å². The fourth-order valence-electron chi connectivity index (χ4n) is 5.49. The molecule has 1 atom stereocenters. The van der Waals surface area contributed by atoms with E-state index in [9.17, 15) is 13.4 Å². The van der Waals surface area contributed by atoms with Crippen LogP contribution in [0.2, 0.25) is 0 Å². The van der Waals surface area contributed by atoms with Gasteiger partial charge >= 0.3 is 5.97 Å². The van der Waals surface area contributed by atoms with Gasteiger partial charge in [0.05, 0.1) is 28.5 Å². The first-order chi connectivity index (χ1) is 20.9. The number of carbonyl (C=O) groups excluding carboxylic acids is 1. The molecule has 0 spiro atoms. The van der Waals surface area contributed by atoms with Crippen molar-refractivity contribution >= 4 is 28.3 Å². The van der Waals surface area contributed by atoms with Crippen molar-refractivity contribution in [3.05, 3.63) is 81.7 Å². The number of nitrogens with two attached hydrogens (primary N) is 1. The highest BCUT2D eigenvalue weighted by Crippen LogP contribution is 2.38. The normalized spacial score (nSPS) is 15.7. The standard InChI is InChI=1S/C33H33FN4O3S2/c1-2-41-32(39)29-20-42-33(36-29)38-30(18-23-7-8-23)27(17-22-10-14-26(15-11-22)43(35)40)31(37-38)25-13-16-28(34)24(19-25)12-9-21-5-3-4-6-21/h10-11,13-16,19-21,23H,2-8,17-18,35H2,1H3. The number of benzene rings is 2. The number of carbonyl (C=O) groups is 1. The van der Waals surface area contributed by atoms with Crippen LogP contribution in [0.1, 0.15) is 78.3 Å². The Hall–Kier alpha value is -3.65. The Morgan fingerprint density at radius 3 is 2.63 bits per heavy atom. The zero-order chi connectivity index (χ0) is 29.9. The maximum Gasteiger partial charge on any atom is 0.357 e. The Labute approximate surface area is 257 Å². The average Bonchev–Trinajstić information content (AvgIpc) is 3.35. The van der Waals surface area contributed by atoms with Crippen LogP contribution in [-0.2, 0) is 28.6 Å². The molecule has 0 bridgehead atoms. The molecule has 0 aliphatic heterocycles. The van der Waals surface area contributed by atoms with Gasteiger partial charge < -0.3 is 4.74 Å². The second-order valence-corrected chi connectivity index (χ2v) is 13.0. The molecule has 222 valence electrons. The lowest BCUT2D eigenvalue weighted by Crippen LogP contribution is -2.08. The first kappa shape index (κ1) is 29.4. The van der Waals surface area contributed by atoms with Crippen LogP contribution < -0.4 is 5.14 Å². The van der Waals surface area contributed by atoms with E-state index >= 15 is 0 Å². The lowest BCUT2D eigenvalue weighted by atomic mass is 9.96. The molecule has 2 N–H and O–H groups in total. The van der Waals surface area contributed by atoms with Gasteiger partial charge in [-0.1, -0.05) is 36.8 Å². The van der Waals surface area contributed by atoms with Crippen LogP contribution in [0.5, 0.6) is 0 Å². The minimum atomic E-state index is -1.56. The molecule has 43 heavy (non-hydrogen) atoms. The molecule has 0 saturated heterocycles. The number of ether oxygens (including phenoxy) is 1.